The molecule has 3 aromatic rings. The average Bonchev–Trinajstić information content (AvgIpc) is 2.81. The lowest BCUT2D eigenvalue weighted by molar-refractivity contribution is 0.123. The molecule has 164 valence electrons. The Balaban J connectivity index is 1.72. The van der Waals surface area contributed by atoms with E-state index in [1.54, 1.807) is 27.4 Å². The van der Waals surface area contributed by atoms with E-state index < -0.39 is 8.80 Å². The van der Waals surface area contributed by atoms with Gasteiger partial charge in [-0.1, -0.05) is 74.0 Å². The van der Waals surface area contributed by atoms with Crippen LogP contribution in [-0.4, -0.2) is 30.1 Å². The average molecular weight is 439 g/mol. The van der Waals surface area contributed by atoms with Gasteiger partial charge in [0.15, 0.2) is 0 Å². The third kappa shape index (κ3) is 5.69. The number of hydrogen-bond donors (Lipinski definition) is 0. The molecule has 3 rings (SSSR count). The summed E-state index contributed by atoms with van der Waals surface area (Å²) in [6, 6.07) is 22.5. The maximum absolute atomic E-state index is 14.9. The summed E-state index contributed by atoms with van der Waals surface area (Å²) in [6.45, 7) is 2.16. The van der Waals surface area contributed by atoms with E-state index in [9.17, 15) is 4.39 Å². The third-order valence-corrected chi connectivity index (χ3v) is 8.44. The molecule has 0 radical (unpaired) electrons. The van der Waals surface area contributed by atoms with Crippen molar-refractivity contribution in [2.75, 3.05) is 21.3 Å². The predicted octanol–water partition coefficient (Wildman–Crippen LogP) is 6.53. The first-order chi connectivity index (χ1) is 15.0. The zero-order valence-electron chi connectivity index (χ0n) is 18.8. The number of halogens is 1. The molecule has 0 atom stereocenters. The molecule has 0 aromatic heterocycles. The van der Waals surface area contributed by atoms with Crippen LogP contribution in [0.25, 0.3) is 22.3 Å². The van der Waals surface area contributed by atoms with Gasteiger partial charge in [-0.25, -0.2) is 4.39 Å². The minimum atomic E-state index is -2.58. The van der Waals surface area contributed by atoms with Crippen LogP contribution in [0, 0.1) is 5.82 Å². The van der Waals surface area contributed by atoms with E-state index in [-0.39, 0.29) is 5.82 Å². The molecule has 0 aliphatic carbocycles. The van der Waals surface area contributed by atoms with Crippen LogP contribution in [0.1, 0.15) is 24.5 Å². The molecule has 0 fully saturated rings. The molecule has 3 aromatic carbocycles. The van der Waals surface area contributed by atoms with Crippen LogP contribution < -0.4 is 0 Å². The molecule has 0 spiro atoms. The number of aryl methyl sites for hydroxylation is 2. The van der Waals surface area contributed by atoms with Gasteiger partial charge in [-0.15, -0.1) is 0 Å². The fourth-order valence-corrected chi connectivity index (χ4v) is 5.49. The van der Waals surface area contributed by atoms with Crippen molar-refractivity contribution in [1.82, 2.24) is 0 Å². The topological polar surface area (TPSA) is 27.7 Å². The first kappa shape index (κ1) is 23.4. The van der Waals surface area contributed by atoms with Crippen molar-refractivity contribution in [2.45, 2.75) is 32.2 Å². The second kappa shape index (κ2) is 10.8. The number of benzene rings is 3. The maximum Gasteiger partial charge on any atom is 0.500 e. The van der Waals surface area contributed by atoms with E-state index >= 15 is 0 Å². The highest BCUT2D eigenvalue weighted by molar-refractivity contribution is 6.60. The number of hydrogen-bond acceptors (Lipinski definition) is 3. The molecule has 0 amide bonds. The first-order valence-electron chi connectivity index (χ1n) is 10.7. The maximum atomic E-state index is 14.9. The molecule has 3 nitrogen and oxygen atoms in total. The van der Waals surface area contributed by atoms with Crippen molar-refractivity contribution in [3.63, 3.8) is 0 Å². The van der Waals surface area contributed by atoms with Crippen LogP contribution >= 0.6 is 0 Å². The van der Waals surface area contributed by atoms with Crippen molar-refractivity contribution in [2.24, 2.45) is 0 Å². The second-order valence-electron chi connectivity index (χ2n) is 7.63. The van der Waals surface area contributed by atoms with E-state index in [2.05, 4.69) is 31.2 Å². The van der Waals surface area contributed by atoms with Crippen LogP contribution in [0.2, 0.25) is 6.04 Å². The van der Waals surface area contributed by atoms with Crippen LogP contribution in [0.5, 0.6) is 0 Å². The van der Waals surface area contributed by atoms with Gasteiger partial charge in [0.05, 0.1) is 0 Å². The molecule has 0 saturated heterocycles. The molecule has 0 unspecified atom stereocenters. The number of rotatable bonds is 10. The van der Waals surface area contributed by atoms with E-state index in [1.807, 2.05) is 36.4 Å². The van der Waals surface area contributed by atoms with E-state index in [0.29, 0.717) is 11.6 Å². The fourth-order valence-electron chi connectivity index (χ4n) is 3.79. The quantitative estimate of drug-likeness (QED) is 0.337. The van der Waals surface area contributed by atoms with E-state index in [4.69, 9.17) is 13.3 Å². The zero-order valence-corrected chi connectivity index (χ0v) is 19.8. The summed E-state index contributed by atoms with van der Waals surface area (Å²) in [6.07, 6.45) is 2.95. The molecule has 0 N–H and O–H groups in total. The molecule has 0 saturated carbocycles. The highest BCUT2D eigenvalue weighted by atomic mass is 28.4. The highest BCUT2D eigenvalue weighted by Gasteiger charge is 2.37. The monoisotopic (exact) mass is 438 g/mol. The summed E-state index contributed by atoms with van der Waals surface area (Å²) in [7, 11) is 2.29. The van der Waals surface area contributed by atoms with E-state index in [1.165, 1.54) is 5.56 Å². The lowest BCUT2D eigenvalue weighted by Gasteiger charge is -2.24. The predicted molar refractivity (Wildman–Crippen MR) is 127 cm³/mol. The lowest BCUT2D eigenvalue weighted by atomic mass is 9.97. The summed E-state index contributed by atoms with van der Waals surface area (Å²) in [4.78, 5) is 0. The molecule has 5 heteroatoms. The van der Waals surface area contributed by atoms with Gasteiger partial charge in [0.2, 0.25) is 0 Å². The van der Waals surface area contributed by atoms with Crippen molar-refractivity contribution in [3.05, 3.63) is 83.7 Å². The molecule has 0 bridgehead atoms. The van der Waals surface area contributed by atoms with Crippen molar-refractivity contribution < 1.29 is 17.7 Å². The smallest absolute Gasteiger partial charge is 0.377 e. The van der Waals surface area contributed by atoms with Crippen molar-refractivity contribution in [3.8, 4) is 22.3 Å². The van der Waals surface area contributed by atoms with Crippen LogP contribution in [0.3, 0.4) is 0 Å². The molecular formula is C26H31FO3Si. The summed E-state index contributed by atoms with van der Waals surface area (Å²) < 4.78 is 31.3. The minimum absolute atomic E-state index is 0.208. The molecule has 0 aliphatic rings. The van der Waals surface area contributed by atoms with Crippen molar-refractivity contribution in [1.29, 1.82) is 0 Å². The molecule has 0 heterocycles. The zero-order chi connectivity index (χ0) is 22.3. The van der Waals surface area contributed by atoms with Gasteiger partial charge >= 0.3 is 8.80 Å². The largest absolute Gasteiger partial charge is 0.500 e. The van der Waals surface area contributed by atoms with Gasteiger partial charge in [-0.3, -0.25) is 0 Å². The Labute approximate surface area is 186 Å². The standard InChI is InChI=1S/C26H31FO3Si/c1-5-6-20-9-13-23(14-10-20)25-16-15-24(19-26(25)27)22-11-7-21(8-12-22)17-18-31(28-2,29-3)30-4/h7-16,19H,5-6,17-18H2,1-4H3. The fraction of sp³-hybridized carbons (Fsp3) is 0.308. The Morgan fingerprint density at radius 1 is 0.677 bits per heavy atom. The molecule has 31 heavy (non-hydrogen) atoms. The SMILES string of the molecule is CCCc1ccc(-c2ccc(-c3ccc(CC[Si](OC)(OC)OC)cc3)cc2F)cc1. The van der Waals surface area contributed by atoms with Crippen LogP contribution in [0.4, 0.5) is 4.39 Å². The third-order valence-electron chi connectivity index (χ3n) is 5.71. The first-order valence-corrected chi connectivity index (χ1v) is 12.6. The second-order valence-corrected chi connectivity index (χ2v) is 10.7. The summed E-state index contributed by atoms with van der Waals surface area (Å²) in [5.41, 5.74) is 5.83. The van der Waals surface area contributed by atoms with Crippen molar-refractivity contribution >= 4 is 8.80 Å². The van der Waals surface area contributed by atoms with E-state index in [0.717, 1.165) is 41.5 Å². The molecular weight excluding hydrogens is 407 g/mol. The van der Waals surface area contributed by atoms with Gasteiger partial charge < -0.3 is 13.3 Å². The van der Waals surface area contributed by atoms with Gasteiger partial charge in [0.1, 0.15) is 5.82 Å². The lowest BCUT2D eigenvalue weighted by Crippen LogP contribution is -2.43. The minimum Gasteiger partial charge on any atom is -0.377 e. The molecule has 0 aliphatic heterocycles. The summed E-state index contributed by atoms with van der Waals surface area (Å²) in [5, 5.41) is 0. The van der Waals surface area contributed by atoms with Gasteiger partial charge in [-0.2, -0.15) is 0 Å². The van der Waals surface area contributed by atoms with Gasteiger partial charge in [0, 0.05) is 32.9 Å². The summed E-state index contributed by atoms with van der Waals surface area (Å²) >= 11 is 0. The Kier molecular flexibility index (Phi) is 8.15. The Morgan fingerprint density at radius 2 is 1.19 bits per heavy atom. The highest BCUT2D eigenvalue weighted by Crippen LogP contribution is 2.29. The van der Waals surface area contributed by atoms with Crippen LogP contribution in [0.15, 0.2) is 66.7 Å². The van der Waals surface area contributed by atoms with Gasteiger partial charge in [0.25, 0.3) is 0 Å². The Bertz CT molecular complexity index is 959. The van der Waals surface area contributed by atoms with Gasteiger partial charge in [-0.05, 0) is 46.7 Å². The van der Waals surface area contributed by atoms with Crippen LogP contribution in [-0.2, 0) is 26.1 Å². The Morgan fingerprint density at radius 3 is 1.71 bits per heavy atom. The Hall–Kier alpha value is -2.31. The summed E-state index contributed by atoms with van der Waals surface area (Å²) in [5.74, 6) is -0.208. The normalized spacial score (nSPS) is 11.6.